The quantitative estimate of drug-likeness (QED) is 0.520. The van der Waals surface area contributed by atoms with Crippen LogP contribution in [0.2, 0.25) is 5.02 Å². The van der Waals surface area contributed by atoms with Crippen LogP contribution in [0.15, 0.2) is 24.5 Å². The Hall–Kier alpha value is 0.170. The van der Waals surface area contributed by atoms with E-state index in [1.807, 2.05) is 24.5 Å². The Morgan fingerprint density at radius 1 is 1.33 bits per heavy atom. The monoisotopic (exact) mass is 297 g/mol. The lowest BCUT2D eigenvalue weighted by Crippen LogP contribution is -3.00. The zero-order valence-electron chi connectivity index (χ0n) is 7.13. The lowest BCUT2D eigenvalue weighted by molar-refractivity contribution is -0.697. The lowest BCUT2D eigenvalue weighted by Gasteiger charge is -1.93. The van der Waals surface area contributed by atoms with Crippen LogP contribution in [0.1, 0.15) is 19.8 Å². The molecule has 0 saturated heterocycles. The van der Waals surface area contributed by atoms with Gasteiger partial charge in [0.25, 0.3) is 0 Å². The Labute approximate surface area is 95.8 Å². The van der Waals surface area contributed by atoms with Gasteiger partial charge in [0.05, 0.1) is 5.02 Å². The van der Waals surface area contributed by atoms with Gasteiger partial charge in [0.15, 0.2) is 12.4 Å². The summed E-state index contributed by atoms with van der Waals surface area (Å²) in [5, 5.41) is 0.803. The summed E-state index contributed by atoms with van der Waals surface area (Å²) in [5.74, 6) is 0. The van der Waals surface area contributed by atoms with Crippen LogP contribution in [0.25, 0.3) is 0 Å². The first kappa shape index (κ1) is 12.2. The number of pyridine rings is 1. The molecule has 0 aliphatic rings. The summed E-state index contributed by atoms with van der Waals surface area (Å²) >= 11 is 5.73. The van der Waals surface area contributed by atoms with Crippen molar-refractivity contribution in [3.63, 3.8) is 0 Å². The number of nitrogens with zero attached hydrogens (tertiary/aromatic N) is 1. The number of halogens is 2. The normalized spacial score (nSPS) is 9.17. The van der Waals surface area contributed by atoms with E-state index in [1.54, 1.807) is 0 Å². The van der Waals surface area contributed by atoms with Gasteiger partial charge < -0.3 is 24.0 Å². The fourth-order valence-electron chi connectivity index (χ4n) is 0.929. The van der Waals surface area contributed by atoms with Crippen molar-refractivity contribution in [2.75, 3.05) is 0 Å². The Morgan fingerprint density at radius 2 is 1.92 bits per heavy atom. The smallest absolute Gasteiger partial charge is 0.170 e. The summed E-state index contributed by atoms with van der Waals surface area (Å²) < 4.78 is 2.15. The summed E-state index contributed by atoms with van der Waals surface area (Å²) in [7, 11) is 0. The first-order valence-corrected chi connectivity index (χ1v) is 4.35. The topological polar surface area (TPSA) is 3.88 Å². The second kappa shape index (κ2) is 6.66. The van der Waals surface area contributed by atoms with Gasteiger partial charge in [-0.1, -0.05) is 24.9 Å². The fraction of sp³-hybridized carbons (Fsp3) is 0.444. The van der Waals surface area contributed by atoms with Gasteiger partial charge in [0.2, 0.25) is 0 Å². The van der Waals surface area contributed by atoms with Crippen molar-refractivity contribution in [2.24, 2.45) is 0 Å². The van der Waals surface area contributed by atoms with Gasteiger partial charge in [-0.05, 0) is 0 Å². The molecule has 0 radical (unpaired) electrons. The number of aryl methyl sites for hydroxylation is 1. The van der Waals surface area contributed by atoms with Crippen molar-refractivity contribution < 1.29 is 28.5 Å². The van der Waals surface area contributed by atoms with E-state index in [4.69, 9.17) is 11.6 Å². The number of aromatic nitrogens is 1. The molecule has 0 amide bonds. The average molecular weight is 298 g/mol. The molecule has 0 fully saturated rings. The second-order valence-corrected chi connectivity index (χ2v) is 3.04. The largest absolute Gasteiger partial charge is 1.00 e. The summed E-state index contributed by atoms with van der Waals surface area (Å²) in [5.41, 5.74) is 0. The van der Waals surface area contributed by atoms with E-state index in [2.05, 4.69) is 11.5 Å². The van der Waals surface area contributed by atoms with Crippen LogP contribution in [-0.4, -0.2) is 0 Å². The zero-order chi connectivity index (χ0) is 8.10. The van der Waals surface area contributed by atoms with Gasteiger partial charge in [-0.2, -0.15) is 0 Å². The highest BCUT2D eigenvalue weighted by atomic mass is 127. The van der Waals surface area contributed by atoms with E-state index in [0.29, 0.717) is 0 Å². The molecule has 1 aromatic rings. The third-order valence-corrected chi connectivity index (χ3v) is 1.87. The first-order valence-electron chi connectivity index (χ1n) is 3.97. The SMILES string of the molecule is CCCC[n+]1ccc(Cl)cc1.[I-]. The molecule has 0 aliphatic carbocycles. The van der Waals surface area contributed by atoms with Gasteiger partial charge in [-0.15, -0.1) is 0 Å². The highest BCUT2D eigenvalue weighted by molar-refractivity contribution is 6.30. The van der Waals surface area contributed by atoms with E-state index < -0.39 is 0 Å². The van der Waals surface area contributed by atoms with Crippen molar-refractivity contribution in [1.82, 2.24) is 0 Å². The Morgan fingerprint density at radius 3 is 2.42 bits per heavy atom. The molecule has 0 atom stereocenters. The molecule has 0 bridgehead atoms. The van der Waals surface area contributed by atoms with Crippen LogP contribution >= 0.6 is 11.6 Å². The number of rotatable bonds is 3. The number of hydrogen-bond acceptors (Lipinski definition) is 0. The van der Waals surface area contributed by atoms with Crippen molar-refractivity contribution in [3.8, 4) is 0 Å². The minimum absolute atomic E-state index is 0. The third-order valence-electron chi connectivity index (χ3n) is 1.62. The van der Waals surface area contributed by atoms with Crippen LogP contribution in [0.3, 0.4) is 0 Å². The molecule has 12 heavy (non-hydrogen) atoms. The molecule has 1 rings (SSSR count). The summed E-state index contributed by atoms with van der Waals surface area (Å²) in [4.78, 5) is 0. The maximum Gasteiger partial charge on any atom is 0.170 e. The number of unbranched alkanes of at least 4 members (excludes halogenated alkanes) is 1. The zero-order valence-corrected chi connectivity index (χ0v) is 10.0. The minimum Gasteiger partial charge on any atom is -1.00 e. The average Bonchev–Trinajstić information content (AvgIpc) is 2.04. The van der Waals surface area contributed by atoms with Crippen LogP contribution < -0.4 is 28.5 Å². The van der Waals surface area contributed by atoms with Gasteiger partial charge in [0, 0.05) is 18.6 Å². The first-order chi connectivity index (χ1) is 5.33. The Bertz CT molecular complexity index is 210. The van der Waals surface area contributed by atoms with Crippen molar-refractivity contribution in [3.05, 3.63) is 29.5 Å². The van der Waals surface area contributed by atoms with Crippen molar-refractivity contribution in [1.29, 1.82) is 0 Å². The van der Waals surface area contributed by atoms with Gasteiger partial charge in [-0.3, -0.25) is 0 Å². The molecule has 0 N–H and O–H groups in total. The second-order valence-electron chi connectivity index (χ2n) is 2.61. The number of hydrogen-bond donors (Lipinski definition) is 0. The molecule has 68 valence electrons. The fourth-order valence-corrected chi connectivity index (χ4v) is 1.04. The van der Waals surface area contributed by atoms with E-state index >= 15 is 0 Å². The van der Waals surface area contributed by atoms with Crippen molar-refractivity contribution >= 4 is 11.6 Å². The highest BCUT2D eigenvalue weighted by Gasteiger charge is 1.96. The molecular formula is C9H13ClIN. The van der Waals surface area contributed by atoms with Crippen molar-refractivity contribution in [2.45, 2.75) is 26.3 Å². The maximum absolute atomic E-state index is 5.73. The predicted octanol–water partition coefficient (Wildman–Crippen LogP) is -0.568. The molecule has 0 unspecified atom stereocenters. The van der Waals surface area contributed by atoms with Crippen LogP contribution in [0, 0.1) is 0 Å². The van der Waals surface area contributed by atoms with E-state index in [0.717, 1.165) is 11.6 Å². The summed E-state index contributed by atoms with van der Waals surface area (Å²) in [6.45, 7) is 3.28. The van der Waals surface area contributed by atoms with E-state index in [-0.39, 0.29) is 24.0 Å². The molecule has 0 aromatic carbocycles. The van der Waals surface area contributed by atoms with Crippen LogP contribution in [-0.2, 0) is 6.54 Å². The Kier molecular flexibility index (Phi) is 6.76. The Balaban J connectivity index is 0.00000121. The molecule has 0 spiro atoms. The van der Waals surface area contributed by atoms with Crippen LogP contribution in [0.5, 0.6) is 0 Å². The highest BCUT2D eigenvalue weighted by Crippen LogP contribution is 2.01. The lowest BCUT2D eigenvalue weighted by atomic mass is 10.3. The maximum atomic E-state index is 5.73. The summed E-state index contributed by atoms with van der Waals surface area (Å²) in [6, 6.07) is 3.83. The van der Waals surface area contributed by atoms with Gasteiger partial charge in [0.1, 0.15) is 6.54 Å². The van der Waals surface area contributed by atoms with Crippen LogP contribution in [0.4, 0.5) is 0 Å². The molecule has 0 saturated carbocycles. The van der Waals surface area contributed by atoms with Gasteiger partial charge in [-0.25, -0.2) is 4.57 Å². The van der Waals surface area contributed by atoms with E-state index in [9.17, 15) is 0 Å². The molecule has 3 heteroatoms. The molecule has 0 aliphatic heterocycles. The molecule has 1 heterocycles. The van der Waals surface area contributed by atoms with Gasteiger partial charge >= 0.3 is 0 Å². The predicted molar refractivity (Wildman–Crippen MR) is 46.6 cm³/mol. The van der Waals surface area contributed by atoms with E-state index in [1.165, 1.54) is 12.8 Å². The minimum atomic E-state index is 0. The molecular weight excluding hydrogens is 284 g/mol. The molecule has 1 nitrogen and oxygen atoms in total. The molecule has 1 aromatic heterocycles. The third kappa shape index (κ3) is 4.26. The summed E-state index contributed by atoms with van der Waals surface area (Å²) in [6.07, 6.45) is 6.48. The standard InChI is InChI=1S/C9H13ClN.HI/c1-2-3-6-11-7-4-9(10)5-8-11;/h4-5,7-8H,2-3,6H2,1H3;1H/q+1;/p-1.